The van der Waals surface area contributed by atoms with Crippen molar-refractivity contribution in [1.82, 2.24) is 0 Å². The summed E-state index contributed by atoms with van der Waals surface area (Å²) >= 11 is 5.87. The van der Waals surface area contributed by atoms with Crippen LogP contribution in [0.15, 0.2) is 0 Å². The third kappa shape index (κ3) is 0.964. The third-order valence-corrected chi connectivity index (χ3v) is 3.29. The second kappa shape index (κ2) is 3.06. The number of ketones is 1. The average Bonchev–Trinajstić information content (AvgIpc) is 2.11. The molecule has 0 aromatic heterocycles. The maximum absolute atomic E-state index is 11.4. The molecule has 0 aromatic carbocycles. The number of hydrogen-bond acceptors (Lipinski definition) is 2. The SMILES string of the molecule is CC[C@H]1C(=O)[C@](Cl)(C#N)[C@H]1CC. The molecule has 0 aromatic rings. The maximum Gasteiger partial charge on any atom is 0.192 e. The Morgan fingerprint density at radius 2 is 2.17 bits per heavy atom. The number of carbonyl (C=O) groups is 1. The molecular weight excluding hydrogens is 174 g/mol. The predicted octanol–water partition coefficient (Wildman–Crippen LogP) is 2.12. The standard InChI is InChI=1S/C9H12ClNO/c1-3-6-7(4-2)9(10,5-11)8(6)12/h6-7H,3-4H2,1-2H3/t6-,7+,9+/m1/s1. The van der Waals surface area contributed by atoms with Crippen LogP contribution in [-0.2, 0) is 4.79 Å². The van der Waals surface area contributed by atoms with E-state index in [9.17, 15) is 4.79 Å². The van der Waals surface area contributed by atoms with Crippen molar-refractivity contribution in [3.8, 4) is 6.07 Å². The Kier molecular flexibility index (Phi) is 2.44. The van der Waals surface area contributed by atoms with E-state index in [0.29, 0.717) is 0 Å². The van der Waals surface area contributed by atoms with E-state index in [-0.39, 0.29) is 17.6 Å². The first-order valence-corrected chi connectivity index (χ1v) is 4.64. The molecule has 0 heterocycles. The molecule has 0 unspecified atom stereocenters. The fourth-order valence-electron chi connectivity index (χ4n) is 1.99. The lowest BCUT2D eigenvalue weighted by Gasteiger charge is -2.44. The van der Waals surface area contributed by atoms with Gasteiger partial charge in [0.15, 0.2) is 10.7 Å². The van der Waals surface area contributed by atoms with Gasteiger partial charge in [-0.25, -0.2) is 0 Å². The first-order valence-electron chi connectivity index (χ1n) is 4.26. The number of carbonyl (C=O) groups excluding carboxylic acids is 1. The van der Waals surface area contributed by atoms with Gasteiger partial charge in [0.1, 0.15) is 0 Å². The highest BCUT2D eigenvalue weighted by molar-refractivity contribution is 6.40. The number of hydrogen-bond donors (Lipinski definition) is 0. The molecule has 1 fully saturated rings. The van der Waals surface area contributed by atoms with Crippen LogP contribution in [0, 0.1) is 23.2 Å². The zero-order valence-electron chi connectivity index (χ0n) is 7.30. The highest BCUT2D eigenvalue weighted by atomic mass is 35.5. The number of Topliss-reactive ketones (excluding diaryl/α,β-unsaturated/α-hetero) is 1. The van der Waals surface area contributed by atoms with Gasteiger partial charge in [-0.2, -0.15) is 5.26 Å². The fourth-order valence-corrected chi connectivity index (χ4v) is 2.44. The third-order valence-electron chi connectivity index (χ3n) is 2.73. The molecule has 12 heavy (non-hydrogen) atoms. The minimum atomic E-state index is -1.20. The normalized spacial score (nSPS) is 40.3. The average molecular weight is 186 g/mol. The predicted molar refractivity (Wildman–Crippen MR) is 46.8 cm³/mol. The van der Waals surface area contributed by atoms with E-state index in [4.69, 9.17) is 16.9 Å². The minimum absolute atomic E-state index is 0.0205. The molecule has 1 aliphatic carbocycles. The summed E-state index contributed by atoms with van der Waals surface area (Å²) in [4.78, 5) is 10.2. The molecule has 0 aliphatic heterocycles. The van der Waals surface area contributed by atoms with Gasteiger partial charge in [-0.1, -0.05) is 25.4 Å². The molecule has 3 atom stereocenters. The van der Waals surface area contributed by atoms with Gasteiger partial charge in [-0.15, -0.1) is 0 Å². The molecule has 1 aliphatic rings. The molecular formula is C9H12ClNO. The Balaban J connectivity index is 2.84. The molecule has 1 saturated carbocycles. The van der Waals surface area contributed by atoms with Crippen molar-refractivity contribution in [2.75, 3.05) is 0 Å². The van der Waals surface area contributed by atoms with Gasteiger partial charge in [-0.3, -0.25) is 4.79 Å². The molecule has 0 N–H and O–H groups in total. The summed E-state index contributed by atoms with van der Waals surface area (Å²) in [5, 5.41) is 8.73. The smallest absolute Gasteiger partial charge is 0.192 e. The molecule has 3 heteroatoms. The Hall–Kier alpha value is -0.550. The molecule has 66 valence electrons. The second-order valence-corrected chi connectivity index (χ2v) is 3.81. The minimum Gasteiger partial charge on any atom is -0.296 e. The van der Waals surface area contributed by atoms with Crippen LogP contribution in [-0.4, -0.2) is 10.7 Å². The lowest BCUT2D eigenvalue weighted by molar-refractivity contribution is -0.137. The molecule has 0 saturated heterocycles. The van der Waals surface area contributed by atoms with Crippen LogP contribution in [0.5, 0.6) is 0 Å². The summed E-state index contributed by atoms with van der Waals surface area (Å²) in [5.74, 6) is -0.00478. The molecule has 0 spiro atoms. The maximum atomic E-state index is 11.4. The molecule has 0 bridgehead atoms. The largest absolute Gasteiger partial charge is 0.296 e. The van der Waals surface area contributed by atoms with Crippen molar-refractivity contribution in [1.29, 1.82) is 5.26 Å². The van der Waals surface area contributed by atoms with E-state index in [0.717, 1.165) is 12.8 Å². The first-order chi connectivity index (χ1) is 5.61. The van der Waals surface area contributed by atoms with E-state index in [1.165, 1.54) is 0 Å². The zero-order valence-corrected chi connectivity index (χ0v) is 8.06. The van der Waals surface area contributed by atoms with Crippen LogP contribution in [0.4, 0.5) is 0 Å². The summed E-state index contributed by atoms with van der Waals surface area (Å²) in [6.45, 7) is 3.92. The number of halogens is 1. The van der Waals surface area contributed by atoms with Crippen molar-refractivity contribution in [2.24, 2.45) is 11.8 Å². The van der Waals surface area contributed by atoms with Crippen LogP contribution in [0.1, 0.15) is 26.7 Å². The summed E-state index contributed by atoms with van der Waals surface area (Å²) in [6, 6.07) is 1.91. The van der Waals surface area contributed by atoms with Crippen LogP contribution in [0.3, 0.4) is 0 Å². The number of nitrogens with zero attached hydrogens (tertiary/aromatic N) is 1. The van der Waals surface area contributed by atoms with Crippen molar-refractivity contribution < 1.29 is 4.79 Å². The van der Waals surface area contributed by atoms with Crippen molar-refractivity contribution in [3.05, 3.63) is 0 Å². The summed E-state index contributed by atoms with van der Waals surface area (Å²) in [7, 11) is 0. The quantitative estimate of drug-likeness (QED) is 0.619. The Bertz CT molecular complexity index is 245. The fraction of sp³-hybridized carbons (Fsp3) is 0.778. The second-order valence-electron chi connectivity index (χ2n) is 3.22. The van der Waals surface area contributed by atoms with Gasteiger partial charge < -0.3 is 0 Å². The molecule has 0 radical (unpaired) electrons. The Morgan fingerprint density at radius 1 is 1.58 bits per heavy atom. The van der Waals surface area contributed by atoms with E-state index < -0.39 is 4.87 Å². The van der Waals surface area contributed by atoms with E-state index in [1.54, 1.807) is 0 Å². The Morgan fingerprint density at radius 3 is 2.50 bits per heavy atom. The highest BCUT2D eigenvalue weighted by Gasteiger charge is 2.59. The van der Waals surface area contributed by atoms with Crippen LogP contribution in [0.25, 0.3) is 0 Å². The van der Waals surface area contributed by atoms with E-state index in [1.807, 2.05) is 19.9 Å². The highest BCUT2D eigenvalue weighted by Crippen LogP contribution is 2.48. The summed E-state index contributed by atoms with van der Waals surface area (Å²) in [5.41, 5.74) is 0. The monoisotopic (exact) mass is 185 g/mol. The number of rotatable bonds is 2. The molecule has 1 rings (SSSR count). The summed E-state index contributed by atoms with van der Waals surface area (Å²) in [6.07, 6.45) is 1.61. The zero-order chi connectivity index (χ0) is 9.35. The van der Waals surface area contributed by atoms with Crippen LogP contribution in [0.2, 0.25) is 0 Å². The van der Waals surface area contributed by atoms with Gasteiger partial charge in [0.2, 0.25) is 0 Å². The van der Waals surface area contributed by atoms with Gasteiger partial charge in [0, 0.05) is 11.8 Å². The van der Waals surface area contributed by atoms with Crippen LogP contribution >= 0.6 is 11.6 Å². The van der Waals surface area contributed by atoms with E-state index in [2.05, 4.69) is 0 Å². The summed E-state index contributed by atoms with van der Waals surface area (Å²) < 4.78 is 0. The van der Waals surface area contributed by atoms with Gasteiger partial charge in [0.25, 0.3) is 0 Å². The lowest BCUT2D eigenvalue weighted by Crippen LogP contribution is -2.58. The first kappa shape index (κ1) is 9.54. The van der Waals surface area contributed by atoms with Gasteiger partial charge in [0.05, 0.1) is 6.07 Å². The van der Waals surface area contributed by atoms with E-state index >= 15 is 0 Å². The molecule has 2 nitrogen and oxygen atoms in total. The topological polar surface area (TPSA) is 40.9 Å². The number of nitriles is 1. The number of alkyl halides is 1. The Labute approximate surface area is 77.5 Å². The van der Waals surface area contributed by atoms with Crippen molar-refractivity contribution in [2.45, 2.75) is 31.6 Å². The van der Waals surface area contributed by atoms with Crippen molar-refractivity contribution >= 4 is 17.4 Å². The lowest BCUT2D eigenvalue weighted by atomic mass is 9.61. The van der Waals surface area contributed by atoms with Gasteiger partial charge in [-0.05, 0) is 12.8 Å². The molecule has 0 amide bonds. The van der Waals surface area contributed by atoms with Crippen LogP contribution < -0.4 is 0 Å². The van der Waals surface area contributed by atoms with Gasteiger partial charge >= 0.3 is 0 Å². The van der Waals surface area contributed by atoms with Crippen molar-refractivity contribution in [3.63, 3.8) is 0 Å².